The molecule has 1 nitrogen and oxygen atoms in total. The van der Waals surface area contributed by atoms with Crippen LogP contribution in [-0.4, -0.2) is 0 Å². The second kappa shape index (κ2) is 7.13. The summed E-state index contributed by atoms with van der Waals surface area (Å²) in [5.74, 6) is 0. The SMILES string of the molecule is c1ccc(-c2c(-c3ccccc3)[n+](-c3ccccc3)cc3ccccc23)cc1. The van der Waals surface area contributed by atoms with Crippen molar-refractivity contribution in [2.45, 2.75) is 0 Å². The Morgan fingerprint density at radius 2 is 1.00 bits per heavy atom. The molecular formula is C27H20N+. The molecule has 0 unspecified atom stereocenters. The number of rotatable bonds is 3. The molecule has 0 aliphatic heterocycles. The van der Waals surface area contributed by atoms with E-state index in [1.807, 2.05) is 0 Å². The van der Waals surface area contributed by atoms with Crippen molar-refractivity contribution in [2.75, 3.05) is 0 Å². The van der Waals surface area contributed by atoms with Gasteiger partial charge in [-0.2, -0.15) is 4.57 Å². The van der Waals surface area contributed by atoms with Gasteiger partial charge >= 0.3 is 0 Å². The summed E-state index contributed by atoms with van der Waals surface area (Å²) in [6, 6.07) is 40.6. The second-order valence-electron chi connectivity index (χ2n) is 6.88. The average Bonchev–Trinajstić information content (AvgIpc) is 2.79. The Morgan fingerprint density at radius 1 is 0.464 bits per heavy atom. The molecule has 132 valence electrons. The molecule has 28 heavy (non-hydrogen) atoms. The summed E-state index contributed by atoms with van der Waals surface area (Å²) < 4.78 is 2.32. The molecule has 0 saturated heterocycles. The Bertz CT molecular complexity index is 1230. The molecule has 0 amide bonds. The predicted molar refractivity (Wildman–Crippen MR) is 116 cm³/mol. The lowest BCUT2D eigenvalue weighted by Gasteiger charge is -2.13. The molecule has 1 heterocycles. The van der Waals surface area contributed by atoms with E-state index in [1.54, 1.807) is 0 Å². The Labute approximate surface area is 165 Å². The summed E-state index contributed by atoms with van der Waals surface area (Å²) in [6.07, 6.45) is 2.25. The molecule has 1 aromatic heterocycles. The maximum Gasteiger partial charge on any atom is 0.226 e. The van der Waals surface area contributed by atoms with Crippen LogP contribution in [0.4, 0.5) is 0 Å². The number of benzene rings is 4. The third-order valence-corrected chi connectivity index (χ3v) is 5.12. The van der Waals surface area contributed by atoms with E-state index in [4.69, 9.17) is 0 Å². The number of nitrogens with zero attached hydrogens (tertiary/aromatic N) is 1. The molecule has 0 aliphatic rings. The molecule has 0 N–H and O–H groups in total. The lowest BCUT2D eigenvalue weighted by atomic mass is 9.93. The molecule has 0 spiro atoms. The van der Waals surface area contributed by atoms with Crippen LogP contribution in [-0.2, 0) is 0 Å². The molecule has 1 heteroatoms. The predicted octanol–water partition coefficient (Wildman–Crippen LogP) is 6.45. The van der Waals surface area contributed by atoms with E-state index in [2.05, 4.69) is 126 Å². The molecular weight excluding hydrogens is 338 g/mol. The van der Waals surface area contributed by atoms with Gasteiger partial charge in [-0.1, -0.05) is 84.9 Å². The molecule has 5 rings (SSSR count). The highest BCUT2D eigenvalue weighted by atomic mass is 15.0. The van der Waals surface area contributed by atoms with Gasteiger partial charge in [-0.05, 0) is 23.8 Å². The highest BCUT2D eigenvalue weighted by molar-refractivity contribution is 6.01. The van der Waals surface area contributed by atoms with Crippen LogP contribution < -0.4 is 4.57 Å². The lowest BCUT2D eigenvalue weighted by molar-refractivity contribution is -0.581. The Kier molecular flexibility index (Phi) is 4.19. The first-order chi connectivity index (χ1) is 13.9. The van der Waals surface area contributed by atoms with Crippen LogP contribution in [0.2, 0.25) is 0 Å². The number of pyridine rings is 1. The zero-order valence-electron chi connectivity index (χ0n) is 15.5. The van der Waals surface area contributed by atoms with Crippen molar-refractivity contribution in [3.05, 3.63) is 121 Å². The molecule has 0 fully saturated rings. The fourth-order valence-electron chi connectivity index (χ4n) is 3.86. The number of aromatic nitrogens is 1. The minimum absolute atomic E-state index is 1.16. The number of fused-ring (bicyclic) bond motifs is 1. The van der Waals surface area contributed by atoms with Gasteiger partial charge in [0.1, 0.15) is 0 Å². The van der Waals surface area contributed by atoms with Crippen LogP contribution in [0.15, 0.2) is 121 Å². The zero-order valence-corrected chi connectivity index (χ0v) is 15.5. The van der Waals surface area contributed by atoms with Gasteiger partial charge in [-0.3, -0.25) is 0 Å². The first-order valence-electron chi connectivity index (χ1n) is 9.55. The van der Waals surface area contributed by atoms with Crippen molar-refractivity contribution in [1.29, 1.82) is 0 Å². The minimum Gasteiger partial charge on any atom is -0.159 e. The van der Waals surface area contributed by atoms with Crippen molar-refractivity contribution in [3.63, 3.8) is 0 Å². The smallest absolute Gasteiger partial charge is 0.159 e. The molecule has 5 aromatic rings. The summed E-state index contributed by atoms with van der Waals surface area (Å²) in [4.78, 5) is 0. The monoisotopic (exact) mass is 358 g/mol. The highest BCUT2D eigenvalue weighted by Crippen LogP contribution is 2.36. The lowest BCUT2D eigenvalue weighted by Crippen LogP contribution is -2.33. The van der Waals surface area contributed by atoms with Crippen molar-refractivity contribution in [2.24, 2.45) is 0 Å². The fourth-order valence-corrected chi connectivity index (χ4v) is 3.86. The first kappa shape index (κ1) is 16.5. The van der Waals surface area contributed by atoms with E-state index in [9.17, 15) is 0 Å². The molecule has 0 saturated carbocycles. The van der Waals surface area contributed by atoms with Crippen LogP contribution in [0, 0.1) is 0 Å². The van der Waals surface area contributed by atoms with Crippen molar-refractivity contribution < 1.29 is 4.57 Å². The second-order valence-corrected chi connectivity index (χ2v) is 6.88. The van der Waals surface area contributed by atoms with Crippen LogP contribution in [0.1, 0.15) is 0 Å². The summed E-state index contributed by atoms with van der Waals surface area (Å²) in [5.41, 5.74) is 6.05. The van der Waals surface area contributed by atoms with Crippen molar-refractivity contribution in [3.8, 4) is 28.1 Å². The zero-order chi connectivity index (χ0) is 18.8. The molecule has 0 aliphatic carbocycles. The van der Waals surface area contributed by atoms with E-state index in [1.165, 1.54) is 33.2 Å². The fraction of sp³-hybridized carbons (Fsp3) is 0. The van der Waals surface area contributed by atoms with Gasteiger partial charge in [-0.15, -0.1) is 0 Å². The number of hydrogen-bond acceptors (Lipinski definition) is 0. The summed E-state index contributed by atoms with van der Waals surface area (Å²) in [6.45, 7) is 0. The third kappa shape index (κ3) is 2.87. The van der Waals surface area contributed by atoms with Crippen LogP contribution in [0.5, 0.6) is 0 Å². The highest BCUT2D eigenvalue weighted by Gasteiger charge is 2.24. The van der Waals surface area contributed by atoms with Crippen LogP contribution in [0.3, 0.4) is 0 Å². The van der Waals surface area contributed by atoms with Gasteiger partial charge in [0.15, 0.2) is 6.20 Å². The van der Waals surface area contributed by atoms with Gasteiger partial charge in [0.05, 0.1) is 5.56 Å². The molecule has 0 radical (unpaired) electrons. The minimum atomic E-state index is 1.16. The molecule has 0 bridgehead atoms. The van der Waals surface area contributed by atoms with E-state index in [-0.39, 0.29) is 0 Å². The van der Waals surface area contributed by atoms with Crippen LogP contribution in [0.25, 0.3) is 38.8 Å². The Balaban J connectivity index is 1.97. The van der Waals surface area contributed by atoms with E-state index in [0.717, 1.165) is 5.69 Å². The van der Waals surface area contributed by atoms with E-state index < -0.39 is 0 Å². The van der Waals surface area contributed by atoms with Gasteiger partial charge in [-0.25, -0.2) is 0 Å². The van der Waals surface area contributed by atoms with E-state index >= 15 is 0 Å². The summed E-state index contributed by atoms with van der Waals surface area (Å²) >= 11 is 0. The van der Waals surface area contributed by atoms with Gasteiger partial charge in [0.25, 0.3) is 0 Å². The van der Waals surface area contributed by atoms with Gasteiger partial charge in [0, 0.05) is 28.5 Å². The number of para-hydroxylation sites is 1. The normalized spacial score (nSPS) is 10.9. The molecule has 0 atom stereocenters. The first-order valence-corrected chi connectivity index (χ1v) is 9.55. The topological polar surface area (TPSA) is 3.88 Å². The van der Waals surface area contributed by atoms with Crippen LogP contribution >= 0.6 is 0 Å². The number of hydrogen-bond donors (Lipinski definition) is 0. The maximum atomic E-state index is 2.32. The quantitative estimate of drug-likeness (QED) is 0.326. The average molecular weight is 358 g/mol. The van der Waals surface area contributed by atoms with E-state index in [0.29, 0.717) is 0 Å². The molecule has 4 aromatic carbocycles. The standard InChI is InChI=1S/C27H20N/c1-4-12-21(13-5-1)26-25-19-11-10-16-23(25)20-28(24-17-8-3-9-18-24)27(26)22-14-6-2-7-15-22/h1-20H/q+1. The van der Waals surface area contributed by atoms with Crippen molar-refractivity contribution in [1.82, 2.24) is 0 Å². The largest absolute Gasteiger partial charge is 0.226 e. The Hall–Kier alpha value is -3.71. The maximum absolute atomic E-state index is 2.32. The Morgan fingerprint density at radius 3 is 1.68 bits per heavy atom. The van der Waals surface area contributed by atoms with Crippen molar-refractivity contribution >= 4 is 10.8 Å². The van der Waals surface area contributed by atoms with Gasteiger partial charge < -0.3 is 0 Å². The van der Waals surface area contributed by atoms with Gasteiger partial charge in [0.2, 0.25) is 11.4 Å². The summed E-state index contributed by atoms with van der Waals surface area (Å²) in [5, 5.41) is 2.49. The summed E-state index contributed by atoms with van der Waals surface area (Å²) in [7, 11) is 0. The third-order valence-electron chi connectivity index (χ3n) is 5.12.